The maximum Gasteiger partial charge on any atom is 0.312 e. The van der Waals surface area contributed by atoms with Gasteiger partial charge in [0, 0.05) is 44.8 Å². The number of rotatable bonds is 4. The molecular formula is C19H24F2N4O2. The molecule has 0 radical (unpaired) electrons. The number of alkyl halides is 2. The lowest BCUT2D eigenvalue weighted by Gasteiger charge is -2.37. The van der Waals surface area contributed by atoms with E-state index in [1.807, 2.05) is 0 Å². The molecule has 3 fully saturated rings. The highest BCUT2D eigenvalue weighted by Crippen LogP contribution is 2.30. The highest BCUT2D eigenvalue weighted by atomic mass is 19.3. The Kier molecular flexibility index (Phi) is 4.74. The van der Waals surface area contributed by atoms with Crippen LogP contribution in [0.1, 0.15) is 37.7 Å². The Morgan fingerprint density at radius 1 is 1.07 bits per heavy atom. The molecule has 0 spiro atoms. The first-order valence-corrected chi connectivity index (χ1v) is 9.60. The molecule has 0 N–H and O–H groups in total. The molecule has 0 unspecified atom stereocenters. The van der Waals surface area contributed by atoms with Gasteiger partial charge in [0.25, 0.3) is 5.92 Å². The lowest BCUT2D eigenvalue weighted by molar-refractivity contribution is -0.158. The number of carbonyl (C=O) groups is 2. The predicted octanol–water partition coefficient (Wildman–Crippen LogP) is 2.04. The summed E-state index contributed by atoms with van der Waals surface area (Å²) < 4.78 is 26.7. The number of hydrogen-bond donors (Lipinski definition) is 0. The second-order valence-corrected chi connectivity index (χ2v) is 7.72. The van der Waals surface area contributed by atoms with Crippen LogP contribution >= 0.6 is 0 Å². The molecule has 4 rings (SSSR count). The Labute approximate surface area is 157 Å². The van der Waals surface area contributed by atoms with E-state index < -0.39 is 17.7 Å². The fourth-order valence-corrected chi connectivity index (χ4v) is 4.25. The molecule has 6 nitrogen and oxygen atoms in total. The number of piperazine rings is 1. The largest absolute Gasteiger partial charge is 0.350 e. The van der Waals surface area contributed by atoms with E-state index in [1.165, 1.54) is 0 Å². The quantitative estimate of drug-likeness (QED) is 0.753. The van der Waals surface area contributed by atoms with Crippen LogP contribution in [0.15, 0.2) is 18.3 Å². The summed E-state index contributed by atoms with van der Waals surface area (Å²) in [6, 6.07) is 3.71. The summed E-state index contributed by atoms with van der Waals surface area (Å²) in [5, 5.41) is 0. The van der Waals surface area contributed by atoms with E-state index in [4.69, 9.17) is 0 Å². The Morgan fingerprint density at radius 2 is 1.85 bits per heavy atom. The van der Waals surface area contributed by atoms with Crippen molar-refractivity contribution < 1.29 is 18.4 Å². The molecule has 3 aliphatic rings. The zero-order valence-corrected chi connectivity index (χ0v) is 15.2. The van der Waals surface area contributed by atoms with Gasteiger partial charge in [-0.3, -0.25) is 9.59 Å². The Hall–Kier alpha value is -2.25. The molecule has 0 atom stereocenters. The molecule has 0 aromatic carbocycles. The van der Waals surface area contributed by atoms with Crippen molar-refractivity contribution in [1.29, 1.82) is 0 Å². The third-order valence-corrected chi connectivity index (χ3v) is 5.78. The van der Waals surface area contributed by atoms with Crippen LogP contribution in [0, 0.1) is 0 Å². The zero-order valence-electron chi connectivity index (χ0n) is 15.2. The first kappa shape index (κ1) is 18.1. The average molecular weight is 378 g/mol. The van der Waals surface area contributed by atoms with Crippen LogP contribution in [0.2, 0.25) is 0 Å². The van der Waals surface area contributed by atoms with Gasteiger partial charge in [0.05, 0.1) is 6.54 Å². The summed E-state index contributed by atoms with van der Waals surface area (Å²) in [5.41, 5.74) is 0.792. The number of aromatic nitrogens is 1. The molecule has 8 heteroatoms. The van der Waals surface area contributed by atoms with Crippen molar-refractivity contribution in [2.24, 2.45) is 0 Å². The van der Waals surface area contributed by atoms with Crippen molar-refractivity contribution in [3.05, 3.63) is 23.9 Å². The van der Waals surface area contributed by atoms with Crippen LogP contribution in [0.3, 0.4) is 0 Å². The third-order valence-electron chi connectivity index (χ3n) is 5.78. The minimum Gasteiger partial charge on any atom is -0.350 e. The topological polar surface area (TPSA) is 56.8 Å². The van der Waals surface area contributed by atoms with Crippen molar-refractivity contribution in [1.82, 2.24) is 14.8 Å². The fraction of sp³-hybridized carbons (Fsp3) is 0.632. The van der Waals surface area contributed by atoms with Gasteiger partial charge in [-0.25, -0.2) is 13.8 Å². The van der Waals surface area contributed by atoms with Crippen molar-refractivity contribution >= 4 is 17.6 Å². The maximum absolute atomic E-state index is 13.3. The van der Waals surface area contributed by atoms with E-state index in [0.29, 0.717) is 25.5 Å². The minimum atomic E-state index is -2.66. The van der Waals surface area contributed by atoms with Crippen LogP contribution in [-0.4, -0.2) is 64.7 Å². The van der Waals surface area contributed by atoms with Crippen LogP contribution in [0.5, 0.6) is 0 Å². The molecule has 1 aromatic rings. The average Bonchev–Trinajstić information content (AvgIpc) is 3.29. The molecule has 3 heterocycles. The van der Waals surface area contributed by atoms with Gasteiger partial charge in [-0.05, 0) is 24.5 Å². The molecule has 2 saturated heterocycles. The molecule has 2 aliphatic heterocycles. The first-order chi connectivity index (χ1) is 12.9. The summed E-state index contributed by atoms with van der Waals surface area (Å²) in [6.07, 6.45) is 5.66. The van der Waals surface area contributed by atoms with Crippen LogP contribution in [0.25, 0.3) is 0 Å². The molecule has 1 saturated carbocycles. The minimum absolute atomic E-state index is 0.154. The number of hydrogen-bond acceptors (Lipinski definition) is 4. The fourth-order valence-electron chi connectivity index (χ4n) is 4.25. The first-order valence-electron chi connectivity index (χ1n) is 9.60. The van der Waals surface area contributed by atoms with E-state index in [9.17, 15) is 18.4 Å². The van der Waals surface area contributed by atoms with E-state index in [1.54, 1.807) is 33.0 Å². The molecular weight excluding hydrogens is 354 g/mol. The van der Waals surface area contributed by atoms with Gasteiger partial charge in [-0.2, -0.15) is 0 Å². The number of halogens is 2. The lowest BCUT2D eigenvalue weighted by atomic mass is 10.1. The van der Waals surface area contributed by atoms with Gasteiger partial charge in [-0.1, -0.05) is 18.9 Å². The third kappa shape index (κ3) is 3.75. The van der Waals surface area contributed by atoms with E-state index in [0.717, 1.165) is 31.2 Å². The van der Waals surface area contributed by atoms with Crippen LogP contribution in [-0.2, 0) is 16.1 Å². The number of anilines is 1. The smallest absolute Gasteiger partial charge is 0.312 e. The van der Waals surface area contributed by atoms with Gasteiger partial charge < -0.3 is 14.7 Å². The number of amides is 2. The Morgan fingerprint density at radius 3 is 2.48 bits per heavy atom. The highest BCUT2D eigenvalue weighted by molar-refractivity contribution is 6.35. The molecule has 1 aliphatic carbocycles. The van der Waals surface area contributed by atoms with Gasteiger partial charge in [0.15, 0.2) is 0 Å². The highest BCUT2D eigenvalue weighted by Gasteiger charge is 2.39. The van der Waals surface area contributed by atoms with Crippen molar-refractivity contribution in [2.75, 3.05) is 31.1 Å². The summed E-state index contributed by atoms with van der Waals surface area (Å²) in [6.45, 7) is 1.38. The molecule has 2 amide bonds. The van der Waals surface area contributed by atoms with Gasteiger partial charge in [0.2, 0.25) is 0 Å². The predicted molar refractivity (Wildman–Crippen MR) is 95.4 cm³/mol. The standard InChI is InChI=1S/C19H24F2N4O2/c20-19(21)7-8-24(13-19)16-6-5-14(11-22-16)12-23-9-10-25(18(27)17(23)26)15-3-1-2-4-15/h5-6,11,15H,1-4,7-10,12-13H2. The summed E-state index contributed by atoms with van der Waals surface area (Å²) in [4.78, 5) is 34.0. The summed E-state index contributed by atoms with van der Waals surface area (Å²) in [7, 11) is 0. The van der Waals surface area contributed by atoms with E-state index >= 15 is 0 Å². The van der Waals surface area contributed by atoms with Crippen LogP contribution in [0.4, 0.5) is 14.6 Å². The monoisotopic (exact) mass is 378 g/mol. The second kappa shape index (κ2) is 7.05. The SMILES string of the molecule is O=C1C(=O)N(C2CCCC2)CCN1Cc1ccc(N2CCC(F)(F)C2)nc1. The summed E-state index contributed by atoms with van der Waals surface area (Å²) in [5.74, 6) is -3.01. The Balaban J connectivity index is 1.37. The second-order valence-electron chi connectivity index (χ2n) is 7.72. The van der Waals surface area contributed by atoms with Gasteiger partial charge in [0.1, 0.15) is 5.82 Å². The van der Waals surface area contributed by atoms with Crippen LogP contribution < -0.4 is 4.90 Å². The molecule has 27 heavy (non-hydrogen) atoms. The summed E-state index contributed by atoms with van der Waals surface area (Å²) >= 11 is 0. The maximum atomic E-state index is 13.3. The van der Waals surface area contributed by atoms with Crippen molar-refractivity contribution in [3.63, 3.8) is 0 Å². The van der Waals surface area contributed by atoms with Gasteiger partial charge >= 0.3 is 11.8 Å². The number of nitrogens with zero attached hydrogens (tertiary/aromatic N) is 4. The molecule has 1 aromatic heterocycles. The number of pyridine rings is 1. The van der Waals surface area contributed by atoms with Gasteiger partial charge in [-0.15, -0.1) is 0 Å². The normalized spacial score (nSPS) is 23.6. The lowest BCUT2D eigenvalue weighted by Crippen LogP contribution is -2.56. The Bertz CT molecular complexity index is 719. The van der Waals surface area contributed by atoms with Crippen molar-refractivity contribution in [3.8, 4) is 0 Å². The van der Waals surface area contributed by atoms with E-state index in [2.05, 4.69) is 4.98 Å². The molecule has 0 bridgehead atoms. The zero-order chi connectivity index (χ0) is 19.0. The number of carbonyl (C=O) groups excluding carboxylic acids is 2. The molecule has 146 valence electrons. The van der Waals surface area contributed by atoms with Crippen molar-refractivity contribution in [2.45, 2.75) is 50.6 Å². The van der Waals surface area contributed by atoms with E-state index in [-0.39, 0.29) is 25.6 Å².